The number of rotatable bonds is 3. The number of nitrogens with zero attached hydrogens (tertiary/aromatic N) is 3. The summed E-state index contributed by atoms with van der Waals surface area (Å²) in [6, 6.07) is 21.9. The number of imidazole rings is 1. The summed E-state index contributed by atoms with van der Waals surface area (Å²) in [5.41, 5.74) is 10.0. The molecule has 5 nitrogen and oxygen atoms in total. The fraction of sp³-hybridized carbons (Fsp3) is 0.214. The molecular weight excluding hydrogens is 408 g/mol. The molecule has 1 unspecified atom stereocenters. The predicted molar refractivity (Wildman–Crippen MR) is 132 cm³/mol. The molecule has 1 aliphatic rings. The van der Waals surface area contributed by atoms with E-state index >= 15 is 0 Å². The highest BCUT2D eigenvalue weighted by Gasteiger charge is 2.16. The minimum absolute atomic E-state index is 0.271. The van der Waals surface area contributed by atoms with Gasteiger partial charge in [0, 0.05) is 29.4 Å². The second-order valence-electron chi connectivity index (χ2n) is 8.82. The van der Waals surface area contributed by atoms with Gasteiger partial charge in [0.1, 0.15) is 5.65 Å². The summed E-state index contributed by atoms with van der Waals surface area (Å²) < 4.78 is 7.77. The van der Waals surface area contributed by atoms with Crippen LogP contribution in [0.25, 0.3) is 38.9 Å². The summed E-state index contributed by atoms with van der Waals surface area (Å²) in [4.78, 5) is 9.47. The SMILES string of the molecule is Cc1ccc2nc(C)cc(-c3cnc4cc(-c5ccc(C6COCCN6)cc5)ccn34)c2c1. The Hall–Kier alpha value is -3.54. The Labute approximate surface area is 193 Å². The molecule has 33 heavy (non-hydrogen) atoms. The summed E-state index contributed by atoms with van der Waals surface area (Å²) in [6.45, 7) is 6.58. The lowest BCUT2D eigenvalue weighted by Gasteiger charge is -2.24. The second kappa shape index (κ2) is 8.10. The Balaban J connectivity index is 1.38. The molecule has 0 saturated carbocycles. The molecule has 0 amide bonds. The number of ether oxygens (including phenoxy) is 1. The van der Waals surface area contributed by atoms with Crippen LogP contribution in [0.15, 0.2) is 73.1 Å². The number of nitrogens with one attached hydrogen (secondary N) is 1. The second-order valence-corrected chi connectivity index (χ2v) is 8.82. The van der Waals surface area contributed by atoms with E-state index in [1.54, 1.807) is 0 Å². The first-order valence-corrected chi connectivity index (χ1v) is 11.4. The number of fused-ring (bicyclic) bond motifs is 2. The first-order valence-electron chi connectivity index (χ1n) is 11.4. The van der Waals surface area contributed by atoms with Crippen molar-refractivity contribution in [2.45, 2.75) is 19.9 Å². The molecule has 0 spiro atoms. The van der Waals surface area contributed by atoms with Gasteiger partial charge in [-0.25, -0.2) is 4.98 Å². The van der Waals surface area contributed by atoms with E-state index in [2.05, 4.69) is 83.5 Å². The van der Waals surface area contributed by atoms with Gasteiger partial charge in [0.05, 0.1) is 36.7 Å². The van der Waals surface area contributed by atoms with Gasteiger partial charge in [0.15, 0.2) is 0 Å². The predicted octanol–water partition coefficient (Wildman–Crippen LogP) is 5.49. The van der Waals surface area contributed by atoms with Gasteiger partial charge >= 0.3 is 0 Å². The molecule has 5 heteroatoms. The van der Waals surface area contributed by atoms with Gasteiger partial charge in [0.25, 0.3) is 0 Å². The van der Waals surface area contributed by atoms with Crippen molar-refractivity contribution >= 4 is 16.6 Å². The van der Waals surface area contributed by atoms with Crippen LogP contribution in [0, 0.1) is 13.8 Å². The molecule has 1 fully saturated rings. The fourth-order valence-electron chi connectivity index (χ4n) is 4.73. The van der Waals surface area contributed by atoms with E-state index in [1.807, 2.05) is 13.1 Å². The Morgan fingerprint density at radius 1 is 0.970 bits per heavy atom. The Morgan fingerprint density at radius 3 is 2.67 bits per heavy atom. The number of aromatic nitrogens is 3. The fourth-order valence-corrected chi connectivity index (χ4v) is 4.73. The number of hydrogen-bond donors (Lipinski definition) is 1. The lowest BCUT2D eigenvalue weighted by molar-refractivity contribution is 0.0769. The molecule has 2 aromatic carbocycles. The summed E-state index contributed by atoms with van der Waals surface area (Å²) in [6.07, 6.45) is 4.09. The van der Waals surface area contributed by atoms with Crippen LogP contribution < -0.4 is 5.32 Å². The average molecular weight is 435 g/mol. The lowest BCUT2D eigenvalue weighted by atomic mass is 10.0. The van der Waals surface area contributed by atoms with E-state index in [4.69, 9.17) is 14.7 Å². The van der Waals surface area contributed by atoms with Crippen LogP contribution in [0.4, 0.5) is 0 Å². The average Bonchev–Trinajstić information content (AvgIpc) is 3.28. The number of hydrogen-bond acceptors (Lipinski definition) is 4. The molecule has 3 aromatic heterocycles. The normalized spacial score (nSPS) is 16.5. The van der Waals surface area contributed by atoms with E-state index in [1.165, 1.54) is 16.7 Å². The molecule has 0 bridgehead atoms. The van der Waals surface area contributed by atoms with E-state index in [-0.39, 0.29) is 6.04 Å². The van der Waals surface area contributed by atoms with Crippen molar-refractivity contribution in [2.24, 2.45) is 0 Å². The van der Waals surface area contributed by atoms with Crippen LogP contribution in [-0.2, 0) is 4.74 Å². The van der Waals surface area contributed by atoms with Crippen molar-refractivity contribution in [3.63, 3.8) is 0 Å². The van der Waals surface area contributed by atoms with E-state index in [0.717, 1.165) is 58.8 Å². The molecule has 1 N–H and O–H groups in total. The van der Waals surface area contributed by atoms with Crippen LogP contribution in [0.5, 0.6) is 0 Å². The quantitative estimate of drug-likeness (QED) is 0.408. The summed E-state index contributed by atoms with van der Waals surface area (Å²) in [5, 5.41) is 4.67. The number of benzene rings is 2. The topological polar surface area (TPSA) is 51.5 Å². The summed E-state index contributed by atoms with van der Waals surface area (Å²) in [7, 11) is 0. The third-order valence-corrected chi connectivity index (χ3v) is 6.45. The molecule has 0 radical (unpaired) electrons. The van der Waals surface area contributed by atoms with Crippen LogP contribution >= 0.6 is 0 Å². The monoisotopic (exact) mass is 434 g/mol. The van der Waals surface area contributed by atoms with Crippen LogP contribution in [-0.4, -0.2) is 34.1 Å². The number of morpholine rings is 1. The molecule has 5 aromatic rings. The van der Waals surface area contributed by atoms with Crippen molar-refractivity contribution in [1.29, 1.82) is 0 Å². The molecule has 1 aliphatic heterocycles. The van der Waals surface area contributed by atoms with Gasteiger partial charge in [-0.2, -0.15) is 0 Å². The lowest BCUT2D eigenvalue weighted by Crippen LogP contribution is -2.34. The Kier molecular flexibility index (Phi) is 4.93. The number of pyridine rings is 2. The molecular formula is C28H26N4O. The molecule has 164 valence electrons. The van der Waals surface area contributed by atoms with Gasteiger partial charge in [-0.05, 0) is 60.9 Å². The zero-order valence-electron chi connectivity index (χ0n) is 18.9. The van der Waals surface area contributed by atoms with Crippen LogP contribution in [0.3, 0.4) is 0 Å². The largest absolute Gasteiger partial charge is 0.378 e. The minimum atomic E-state index is 0.271. The van der Waals surface area contributed by atoms with E-state index < -0.39 is 0 Å². The van der Waals surface area contributed by atoms with Gasteiger partial charge in [-0.15, -0.1) is 0 Å². The van der Waals surface area contributed by atoms with Crippen molar-refractivity contribution in [2.75, 3.05) is 19.8 Å². The maximum Gasteiger partial charge on any atom is 0.137 e. The highest BCUT2D eigenvalue weighted by Crippen LogP contribution is 2.31. The minimum Gasteiger partial charge on any atom is -0.378 e. The van der Waals surface area contributed by atoms with Crippen LogP contribution in [0.1, 0.15) is 22.9 Å². The van der Waals surface area contributed by atoms with Crippen molar-refractivity contribution in [1.82, 2.24) is 19.7 Å². The third-order valence-electron chi connectivity index (χ3n) is 6.45. The standard InChI is InChI=1S/C28H26N4O/c1-18-3-8-25-23(13-18)24(14-19(2)31-25)27-16-30-28-15-22(9-11-32(27)28)20-4-6-21(7-5-20)26-17-33-12-10-29-26/h3-9,11,13-16,26,29H,10,12,17H2,1-2H3. The van der Waals surface area contributed by atoms with E-state index in [0.29, 0.717) is 0 Å². The molecule has 1 saturated heterocycles. The van der Waals surface area contributed by atoms with Crippen molar-refractivity contribution in [3.8, 4) is 22.4 Å². The van der Waals surface area contributed by atoms with Crippen LogP contribution in [0.2, 0.25) is 0 Å². The van der Waals surface area contributed by atoms with Crippen molar-refractivity contribution < 1.29 is 4.74 Å². The smallest absolute Gasteiger partial charge is 0.137 e. The maximum atomic E-state index is 5.60. The highest BCUT2D eigenvalue weighted by molar-refractivity contribution is 5.94. The molecule has 1 atom stereocenters. The molecule has 0 aliphatic carbocycles. The first kappa shape index (κ1) is 20.1. The van der Waals surface area contributed by atoms with Crippen molar-refractivity contribution in [3.05, 3.63) is 89.9 Å². The maximum absolute atomic E-state index is 5.60. The zero-order valence-corrected chi connectivity index (χ0v) is 18.9. The zero-order chi connectivity index (χ0) is 22.4. The van der Waals surface area contributed by atoms with E-state index in [9.17, 15) is 0 Å². The van der Waals surface area contributed by atoms with Gasteiger partial charge < -0.3 is 10.1 Å². The van der Waals surface area contributed by atoms with Gasteiger partial charge in [0.2, 0.25) is 0 Å². The van der Waals surface area contributed by atoms with Gasteiger partial charge in [-0.3, -0.25) is 9.38 Å². The Bertz CT molecular complexity index is 1460. The third kappa shape index (κ3) is 3.69. The molecule has 4 heterocycles. The summed E-state index contributed by atoms with van der Waals surface area (Å²) >= 11 is 0. The Morgan fingerprint density at radius 2 is 1.85 bits per heavy atom. The highest BCUT2D eigenvalue weighted by atomic mass is 16.5. The first-order chi connectivity index (χ1) is 16.2. The number of aryl methyl sites for hydroxylation is 2. The summed E-state index contributed by atoms with van der Waals surface area (Å²) in [5.74, 6) is 0. The molecule has 6 rings (SSSR count). The van der Waals surface area contributed by atoms with Gasteiger partial charge in [-0.1, -0.05) is 35.9 Å².